The summed E-state index contributed by atoms with van der Waals surface area (Å²) in [5.41, 5.74) is -1.12. The Hall–Kier alpha value is -3.10. The molecule has 22 heavy (non-hydrogen) atoms. The molecule has 0 atom stereocenters. The van der Waals surface area contributed by atoms with Crippen LogP contribution in [0.3, 0.4) is 0 Å². The second kappa shape index (κ2) is 5.72. The van der Waals surface area contributed by atoms with Crippen LogP contribution in [0.25, 0.3) is 10.9 Å². The van der Waals surface area contributed by atoms with Crippen molar-refractivity contribution in [3.63, 3.8) is 0 Å². The molecule has 0 spiro atoms. The van der Waals surface area contributed by atoms with E-state index >= 15 is 0 Å². The number of amides is 1. The second-order valence-electron chi connectivity index (χ2n) is 4.85. The quantitative estimate of drug-likeness (QED) is 0.682. The van der Waals surface area contributed by atoms with Gasteiger partial charge in [0.2, 0.25) is 5.91 Å². The molecule has 0 aliphatic carbocycles. The lowest BCUT2D eigenvalue weighted by Crippen LogP contribution is -2.19. The van der Waals surface area contributed by atoms with Crippen LogP contribution in [0.4, 0.5) is 17.1 Å². The number of carbonyl (C=O) groups excluding carboxylic acids is 1. The summed E-state index contributed by atoms with van der Waals surface area (Å²) < 4.78 is 0. The number of non-ortho nitro benzene ring substituents is 1. The number of pyridine rings is 1. The van der Waals surface area contributed by atoms with Crippen molar-refractivity contribution in [2.24, 2.45) is 5.92 Å². The number of aromatic nitrogens is 1. The predicted octanol–water partition coefficient (Wildman–Crippen LogP) is 2.65. The molecule has 1 amide bonds. The third-order valence-electron chi connectivity index (χ3n) is 3.02. The Labute approximate surface area is 124 Å². The van der Waals surface area contributed by atoms with Gasteiger partial charge in [0.15, 0.2) is 0 Å². The van der Waals surface area contributed by atoms with Crippen LogP contribution in [0.15, 0.2) is 24.4 Å². The van der Waals surface area contributed by atoms with E-state index in [-0.39, 0.29) is 16.6 Å². The Kier molecular flexibility index (Phi) is 3.97. The van der Waals surface area contributed by atoms with Gasteiger partial charge in [-0.2, -0.15) is 0 Å². The lowest BCUT2D eigenvalue weighted by Gasteiger charge is -2.10. The Morgan fingerprint density at radius 2 is 1.86 bits per heavy atom. The Morgan fingerprint density at radius 3 is 2.41 bits per heavy atom. The zero-order valence-electron chi connectivity index (χ0n) is 11.8. The van der Waals surface area contributed by atoms with Crippen LogP contribution in [-0.4, -0.2) is 20.7 Å². The normalized spacial score (nSPS) is 10.7. The number of nitrogens with one attached hydrogen (secondary N) is 1. The lowest BCUT2D eigenvalue weighted by atomic mass is 10.1. The summed E-state index contributed by atoms with van der Waals surface area (Å²) in [4.78, 5) is 36.6. The van der Waals surface area contributed by atoms with E-state index in [0.717, 1.165) is 6.07 Å². The summed E-state index contributed by atoms with van der Waals surface area (Å²) in [7, 11) is 0. The van der Waals surface area contributed by atoms with Gasteiger partial charge in [-0.3, -0.25) is 30.0 Å². The highest BCUT2D eigenvalue weighted by Gasteiger charge is 2.27. The Bertz CT molecular complexity index is 787. The second-order valence-corrected chi connectivity index (χ2v) is 4.85. The molecule has 2 rings (SSSR count). The van der Waals surface area contributed by atoms with E-state index in [1.165, 1.54) is 18.3 Å². The van der Waals surface area contributed by atoms with Gasteiger partial charge in [0.1, 0.15) is 11.2 Å². The van der Waals surface area contributed by atoms with Crippen molar-refractivity contribution in [3.05, 3.63) is 44.6 Å². The zero-order valence-corrected chi connectivity index (χ0v) is 11.8. The van der Waals surface area contributed by atoms with Gasteiger partial charge in [-0.1, -0.05) is 13.8 Å². The molecule has 0 radical (unpaired) electrons. The van der Waals surface area contributed by atoms with Crippen LogP contribution in [-0.2, 0) is 4.79 Å². The van der Waals surface area contributed by atoms with Gasteiger partial charge in [-0.25, -0.2) is 0 Å². The minimum Gasteiger partial charge on any atom is -0.318 e. The number of carbonyl (C=O) groups is 1. The van der Waals surface area contributed by atoms with E-state index in [4.69, 9.17) is 0 Å². The predicted molar refractivity (Wildman–Crippen MR) is 78.5 cm³/mol. The molecule has 0 saturated heterocycles. The third kappa shape index (κ3) is 2.68. The molecule has 0 bridgehead atoms. The molecule has 114 valence electrons. The minimum atomic E-state index is -0.781. The van der Waals surface area contributed by atoms with Gasteiger partial charge in [0.25, 0.3) is 5.69 Å². The van der Waals surface area contributed by atoms with Crippen LogP contribution in [0.1, 0.15) is 13.8 Å². The monoisotopic (exact) mass is 304 g/mol. The number of nitro groups is 2. The molecule has 0 unspecified atom stereocenters. The fourth-order valence-corrected chi connectivity index (χ4v) is 1.90. The molecule has 1 aromatic heterocycles. The summed E-state index contributed by atoms with van der Waals surface area (Å²) >= 11 is 0. The van der Waals surface area contributed by atoms with Crippen molar-refractivity contribution in [1.82, 2.24) is 4.98 Å². The zero-order chi connectivity index (χ0) is 16.4. The van der Waals surface area contributed by atoms with Crippen LogP contribution in [0.5, 0.6) is 0 Å². The van der Waals surface area contributed by atoms with Gasteiger partial charge in [0, 0.05) is 12.1 Å². The minimum absolute atomic E-state index is 0.0115. The largest absolute Gasteiger partial charge is 0.318 e. The fraction of sp³-hybridized carbons (Fsp3) is 0.231. The van der Waals surface area contributed by atoms with Crippen molar-refractivity contribution in [2.75, 3.05) is 5.32 Å². The lowest BCUT2D eigenvalue weighted by molar-refractivity contribution is -0.392. The summed E-state index contributed by atoms with van der Waals surface area (Å²) in [6, 6.07) is 3.74. The smallest absolute Gasteiger partial charge is 0.301 e. The number of benzene rings is 1. The van der Waals surface area contributed by atoms with Crippen LogP contribution >= 0.6 is 0 Å². The van der Waals surface area contributed by atoms with Gasteiger partial charge >= 0.3 is 5.69 Å². The number of nitro benzene ring substituents is 2. The number of fused-ring (bicyclic) bond motifs is 1. The van der Waals surface area contributed by atoms with Gasteiger partial charge < -0.3 is 5.32 Å². The molecule has 2 aromatic rings. The maximum absolute atomic E-state index is 11.9. The van der Waals surface area contributed by atoms with Crippen LogP contribution < -0.4 is 5.32 Å². The third-order valence-corrected chi connectivity index (χ3v) is 3.02. The molecule has 9 heteroatoms. The van der Waals surface area contributed by atoms with Crippen molar-refractivity contribution in [1.29, 1.82) is 0 Å². The van der Waals surface area contributed by atoms with Crippen molar-refractivity contribution in [2.45, 2.75) is 13.8 Å². The number of hydrogen-bond donors (Lipinski definition) is 1. The number of anilines is 1. The first kappa shape index (κ1) is 15.3. The highest BCUT2D eigenvalue weighted by Crippen LogP contribution is 2.38. The van der Waals surface area contributed by atoms with Gasteiger partial charge in [-0.05, 0) is 12.1 Å². The fourth-order valence-electron chi connectivity index (χ4n) is 1.90. The van der Waals surface area contributed by atoms with E-state index in [1.54, 1.807) is 13.8 Å². The van der Waals surface area contributed by atoms with Crippen LogP contribution in [0.2, 0.25) is 0 Å². The summed E-state index contributed by atoms with van der Waals surface area (Å²) in [5, 5.41) is 24.9. The highest BCUT2D eigenvalue weighted by atomic mass is 16.6. The molecule has 0 saturated carbocycles. The molecule has 1 N–H and O–H groups in total. The average molecular weight is 304 g/mol. The molecular formula is C13H12N4O5. The first-order chi connectivity index (χ1) is 10.3. The summed E-state index contributed by atoms with van der Waals surface area (Å²) in [5.74, 6) is -0.850. The maximum atomic E-state index is 11.9. The molecule has 0 fully saturated rings. The first-order valence-corrected chi connectivity index (χ1v) is 6.34. The summed E-state index contributed by atoms with van der Waals surface area (Å²) in [6.45, 7) is 3.25. The molecule has 0 aliphatic rings. The average Bonchev–Trinajstić information content (AvgIpc) is 2.46. The Morgan fingerprint density at radius 1 is 1.23 bits per heavy atom. The van der Waals surface area contributed by atoms with Crippen molar-refractivity contribution >= 4 is 33.9 Å². The van der Waals surface area contributed by atoms with Gasteiger partial charge in [0.05, 0.1) is 21.3 Å². The maximum Gasteiger partial charge on any atom is 0.301 e. The van der Waals surface area contributed by atoms with E-state index in [2.05, 4.69) is 10.3 Å². The molecule has 1 aromatic carbocycles. The standard InChI is InChI=1S/C13H12N4O5/c1-7(2)13(18)15-12-10(17(21)22)6-9(16(19)20)8-4-3-5-14-11(8)12/h3-7H,1-2H3,(H,15,18). The van der Waals surface area contributed by atoms with Crippen LogP contribution in [0, 0.1) is 26.1 Å². The molecule has 1 heterocycles. The van der Waals surface area contributed by atoms with Crippen molar-refractivity contribution < 1.29 is 14.6 Å². The highest BCUT2D eigenvalue weighted by molar-refractivity contribution is 6.07. The van der Waals surface area contributed by atoms with E-state index in [1.807, 2.05) is 0 Å². The SMILES string of the molecule is CC(C)C(=O)Nc1c([N+](=O)[O-])cc([N+](=O)[O-])c2cccnc12. The molecule has 0 aliphatic heterocycles. The summed E-state index contributed by atoms with van der Waals surface area (Å²) in [6.07, 6.45) is 1.35. The van der Waals surface area contributed by atoms with Gasteiger partial charge in [-0.15, -0.1) is 0 Å². The van der Waals surface area contributed by atoms with E-state index in [9.17, 15) is 25.0 Å². The number of nitrogens with zero attached hydrogens (tertiary/aromatic N) is 3. The topological polar surface area (TPSA) is 128 Å². The number of hydrogen-bond acceptors (Lipinski definition) is 6. The van der Waals surface area contributed by atoms with Crippen molar-refractivity contribution in [3.8, 4) is 0 Å². The van der Waals surface area contributed by atoms with E-state index < -0.39 is 33.0 Å². The molecule has 9 nitrogen and oxygen atoms in total. The van der Waals surface area contributed by atoms with E-state index in [0.29, 0.717) is 0 Å². The number of rotatable bonds is 4. The molecular weight excluding hydrogens is 292 g/mol. The first-order valence-electron chi connectivity index (χ1n) is 6.34. The Balaban J connectivity index is 2.80.